The van der Waals surface area contributed by atoms with Crippen molar-refractivity contribution in [2.24, 2.45) is 0 Å². The second kappa shape index (κ2) is 15.0. The minimum Gasteiger partial charge on any atom is -0.453 e. The van der Waals surface area contributed by atoms with Crippen molar-refractivity contribution in [3.63, 3.8) is 0 Å². The minimum absolute atomic E-state index is 0.845. The average molecular weight is 852 g/mol. The highest BCUT2D eigenvalue weighted by Gasteiger charge is 2.22. The molecule has 0 amide bonds. The highest BCUT2D eigenvalue weighted by Crippen LogP contribution is 2.47. The van der Waals surface area contributed by atoms with Crippen molar-refractivity contribution in [3.05, 3.63) is 224 Å². The maximum atomic E-state index is 7.17. The van der Waals surface area contributed by atoms with Crippen LogP contribution in [0.5, 0.6) is 0 Å². The summed E-state index contributed by atoms with van der Waals surface area (Å²) < 4.78 is 12.4. The zero-order chi connectivity index (χ0) is 42.1. The minimum atomic E-state index is 0.845. The first-order valence-corrected chi connectivity index (χ1v) is 23.3. The van der Waals surface area contributed by atoms with E-state index in [1.807, 2.05) is 22.7 Å². The Hall–Kier alpha value is -7.76. The number of nitrogens with zero attached hydrogens (tertiary/aromatic N) is 1. The van der Waals surface area contributed by atoms with Gasteiger partial charge in [-0.05, 0) is 118 Å². The largest absolute Gasteiger partial charge is 0.453 e. The van der Waals surface area contributed by atoms with Crippen LogP contribution in [-0.2, 0) is 0 Å². The molecule has 0 saturated carbocycles. The number of fused-ring (bicyclic) bond motifs is 9. The predicted octanol–water partition coefficient (Wildman–Crippen LogP) is 18.5. The van der Waals surface area contributed by atoms with Gasteiger partial charge in [-0.1, -0.05) is 146 Å². The third-order valence-electron chi connectivity index (χ3n) is 12.7. The lowest BCUT2D eigenvalue weighted by molar-refractivity contribution is 0.670. The van der Waals surface area contributed by atoms with Crippen LogP contribution in [0.25, 0.3) is 107 Å². The molecule has 0 atom stereocenters. The average Bonchev–Trinajstić information content (AvgIpc) is 4.06. The molecule has 0 radical (unpaired) electrons. The molecule has 3 aromatic heterocycles. The topological polar surface area (TPSA) is 16.4 Å². The van der Waals surface area contributed by atoms with Gasteiger partial charge in [-0.15, -0.1) is 22.7 Å². The van der Waals surface area contributed by atoms with Crippen LogP contribution in [0.4, 0.5) is 17.1 Å². The molecule has 3 heterocycles. The summed E-state index contributed by atoms with van der Waals surface area (Å²) in [4.78, 5) is 2.35. The van der Waals surface area contributed by atoms with Gasteiger partial charge in [0, 0.05) is 68.1 Å². The first-order valence-electron chi connectivity index (χ1n) is 21.6. The number of hydrogen-bond acceptors (Lipinski definition) is 4. The Morgan fingerprint density at radius 2 is 0.734 bits per heavy atom. The third-order valence-corrected chi connectivity index (χ3v) is 15.0. The van der Waals surface area contributed by atoms with Crippen LogP contribution in [0.1, 0.15) is 0 Å². The van der Waals surface area contributed by atoms with E-state index in [0.29, 0.717) is 0 Å². The van der Waals surface area contributed by atoms with E-state index >= 15 is 0 Å². The van der Waals surface area contributed by atoms with Crippen LogP contribution in [-0.4, -0.2) is 0 Å². The maximum Gasteiger partial charge on any atom is 0.159 e. The number of hydrogen-bond donors (Lipinski definition) is 0. The van der Waals surface area contributed by atoms with E-state index in [1.54, 1.807) is 0 Å². The highest BCUT2D eigenvalue weighted by atomic mass is 32.1. The predicted molar refractivity (Wildman–Crippen MR) is 276 cm³/mol. The van der Waals surface area contributed by atoms with Crippen LogP contribution in [0, 0.1) is 0 Å². The Labute approximate surface area is 378 Å². The number of thiophene rings is 2. The summed E-state index contributed by atoms with van der Waals surface area (Å²) in [7, 11) is 0. The fourth-order valence-electron chi connectivity index (χ4n) is 9.54. The molecule has 0 bridgehead atoms. The molecule has 0 N–H and O–H groups in total. The van der Waals surface area contributed by atoms with Gasteiger partial charge in [0.05, 0.1) is 5.69 Å². The molecule has 0 aliphatic rings. The second-order valence-corrected chi connectivity index (χ2v) is 18.6. The monoisotopic (exact) mass is 851 g/mol. The zero-order valence-corrected chi connectivity index (χ0v) is 36.2. The maximum absolute atomic E-state index is 7.17. The van der Waals surface area contributed by atoms with Crippen molar-refractivity contribution in [1.29, 1.82) is 0 Å². The Kier molecular flexibility index (Phi) is 8.61. The fraction of sp³-hybridized carbons (Fsp3) is 0. The summed E-state index contributed by atoms with van der Waals surface area (Å²) in [6.07, 6.45) is 0. The fourth-order valence-corrected chi connectivity index (χ4v) is 11.7. The molecule has 2 nitrogen and oxygen atoms in total. The molecule has 0 unspecified atom stereocenters. The van der Waals surface area contributed by atoms with Crippen molar-refractivity contribution < 1.29 is 4.42 Å². The summed E-state index contributed by atoms with van der Waals surface area (Å²) >= 11 is 3.71. The molecule has 4 heteroatoms. The summed E-state index contributed by atoms with van der Waals surface area (Å²) in [6.45, 7) is 0. The van der Waals surface area contributed by atoms with E-state index in [9.17, 15) is 0 Å². The molecule has 0 fully saturated rings. The van der Waals surface area contributed by atoms with Gasteiger partial charge in [-0.2, -0.15) is 0 Å². The Morgan fingerprint density at radius 3 is 1.31 bits per heavy atom. The van der Waals surface area contributed by atoms with E-state index < -0.39 is 0 Å². The van der Waals surface area contributed by atoms with Crippen molar-refractivity contribution in [2.45, 2.75) is 0 Å². The third kappa shape index (κ3) is 6.14. The Balaban J connectivity index is 0.973. The Bertz CT molecular complexity index is 3720. The van der Waals surface area contributed by atoms with Gasteiger partial charge >= 0.3 is 0 Å². The van der Waals surface area contributed by atoms with Gasteiger partial charge in [0.2, 0.25) is 0 Å². The van der Waals surface area contributed by atoms with Crippen LogP contribution in [0.15, 0.2) is 229 Å². The molecule has 300 valence electrons. The SMILES string of the molecule is c1ccc(-c2cc(-c3ccccc3)c3oc4c(N(c5ccc(-c6ccc7sc8ccccc8c7c6)cc5)c5ccc(-c6ccc7sc8ccccc8c7c6)cc5)cccc4c3c2)cc1. The van der Waals surface area contributed by atoms with Crippen LogP contribution >= 0.6 is 22.7 Å². The van der Waals surface area contributed by atoms with Gasteiger partial charge in [-0.25, -0.2) is 0 Å². The first kappa shape index (κ1) is 36.9. The van der Waals surface area contributed by atoms with E-state index in [-0.39, 0.29) is 0 Å². The van der Waals surface area contributed by atoms with Crippen LogP contribution < -0.4 is 4.90 Å². The molecular weight excluding hydrogens is 815 g/mol. The molecule has 13 aromatic rings. The van der Waals surface area contributed by atoms with Crippen molar-refractivity contribution in [2.75, 3.05) is 4.90 Å². The number of anilines is 3. The lowest BCUT2D eigenvalue weighted by atomic mass is 9.96. The quantitative estimate of drug-likeness (QED) is 0.159. The van der Waals surface area contributed by atoms with Crippen LogP contribution in [0.2, 0.25) is 0 Å². The van der Waals surface area contributed by atoms with Crippen molar-refractivity contribution in [1.82, 2.24) is 0 Å². The van der Waals surface area contributed by atoms with Gasteiger partial charge in [0.1, 0.15) is 5.58 Å². The number of benzene rings is 10. The normalized spacial score (nSPS) is 11.8. The summed E-state index contributed by atoms with van der Waals surface area (Å²) in [5.74, 6) is 0. The van der Waals surface area contributed by atoms with Crippen molar-refractivity contribution >= 4 is 102 Å². The molecule has 0 aliphatic heterocycles. The molecule has 64 heavy (non-hydrogen) atoms. The number of rotatable bonds is 7. The summed E-state index contributed by atoms with van der Waals surface area (Å²) in [5.41, 5.74) is 14.1. The second-order valence-electron chi connectivity index (χ2n) is 16.4. The lowest BCUT2D eigenvalue weighted by Crippen LogP contribution is -2.10. The van der Waals surface area contributed by atoms with Gasteiger partial charge < -0.3 is 9.32 Å². The van der Waals surface area contributed by atoms with E-state index in [1.165, 1.54) is 68.2 Å². The Morgan fingerprint density at radius 1 is 0.281 bits per heavy atom. The molecule has 13 rings (SSSR count). The molecule has 0 saturated heterocycles. The smallest absolute Gasteiger partial charge is 0.159 e. The first-order chi connectivity index (χ1) is 31.7. The van der Waals surface area contributed by atoms with E-state index in [4.69, 9.17) is 4.42 Å². The molecule has 0 aliphatic carbocycles. The van der Waals surface area contributed by atoms with E-state index in [0.717, 1.165) is 55.7 Å². The van der Waals surface area contributed by atoms with Crippen LogP contribution in [0.3, 0.4) is 0 Å². The van der Waals surface area contributed by atoms with Crippen molar-refractivity contribution in [3.8, 4) is 44.5 Å². The zero-order valence-electron chi connectivity index (χ0n) is 34.5. The molecule has 10 aromatic carbocycles. The lowest BCUT2D eigenvalue weighted by Gasteiger charge is -2.26. The highest BCUT2D eigenvalue weighted by molar-refractivity contribution is 7.26. The van der Waals surface area contributed by atoms with E-state index in [2.05, 4.69) is 229 Å². The van der Waals surface area contributed by atoms with Gasteiger partial charge in [0.15, 0.2) is 5.58 Å². The number of furan rings is 1. The van der Waals surface area contributed by atoms with Gasteiger partial charge in [-0.3, -0.25) is 0 Å². The van der Waals surface area contributed by atoms with Gasteiger partial charge in [0.25, 0.3) is 0 Å². The standard InChI is InChI=1S/C60H37NOS2/c1-3-12-38(13-4-1)44-36-50(41-14-5-2-6-15-41)59-53(37-44)49-18-11-19-54(60(49)62-59)61(45-28-22-39(23-29-45)42-26-32-57-51(34-42)47-16-7-9-20-55(47)63-57)46-30-24-40(25-31-46)43-27-33-58-52(35-43)48-17-8-10-21-56(48)64-58/h1-37H. The molecule has 0 spiro atoms. The summed E-state index contributed by atoms with van der Waals surface area (Å²) in [6, 6.07) is 81.5. The molecular formula is C60H37NOS2. The number of para-hydroxylation sites is 1. The summed E-state index contributed by atoms with van der Waals surface area (Å²) in [5, 5.41) is 7.40.